The molecule has 0 saturated heterocycles. The molecule has 0 aliphatic carbocycles. The van der Waals surface area contributed by atoms with Crippen molar-refractivity contribution in [1.82, 2.24) is 14.6 Å². The normalized spacial score (nSPS) is 11.3. The average Bonchev–Trinajstić information content (AvgIpc) is 2.09. The molecule has 4 nitrogen and oxygen atoms in total. The molecule has 0 aliphatic heterocycles. The highest BCUT2D eigenvalue weighted by atomic mass is 15.4. The number of rotatable bonds is 2. The molecule has 0 unspecified atom stereocenters. The first-order valence-electron chi connectivity index (χ1n) is 3.61. The van der Waals surface area contributed by atoms with Crippen LogP contribution in [0.5, 0.6) is 0 Å². The minimum atomic E-state index is 0.653. The molecule has 1 aromatic rings. The molecule has 0 spiro atoms. The van der Waals surface area contributed by atoms with E-state index in [9.17, 15) is 0 Å². The summed E-state index contributed by atoms with van der Waals surface area (Å²) in [5.41, 5.74) is 0.653. The Morgan fingerprint density at radius 1 is 1.75 bits per heavy atom. The van der Waals surface area contributed by atoms with Crippen molar-refractivity contribution in [3.63, 3.8) is 0 Å². The number of hydrogen-bond donors (Lipinski definition) is 0. The van der Waals surface area contributed by atoms with E-state index in [4.69, 9.17) is 0 Å². The second kappa shape index (κ2) is 3.71. The zero-order chi connectivity index (χ0) is 8.97. The van der Waals surface area contributed by atoms with E-state index >= 15 is 0 Å². The second-order valence-corrected chi connectivity index (χ2v) is 2.39. The van der Waals surface area contributed by atoms with Gasteiger partial charge in [-0.2, -0.15) is 0 Å². The minimum absolute atomic E-state index is 0.653. The van der Waals surface area contributed by atoms with E-state index in [2.05, 4.69) is 16.7 Å². The van der Waals surface area contributed by atoms with Gasteiger partial charge in [-0.25, -0.2) is 4.98 Å². The van der Waals surface area contributed by atoms with Crippen LogP contribution in [0.2, 0.25) is 0 Å². The Labute approximate surface area is 71.5 Å². The van der Waals surface area contributed by atoms with Gasteiger partial charge in [0, 0.05) is 32.7 Å². The lowest BCUT2D eigenvalue weighted by atomic mass is 10.7. The summed E-state index contributed by atoms with van der Waals surface area (Å²) in [5, 5.41) is 5.76. The number of aryl methyl sites for hydroxylation is 1. The van der Waals surface area contributed by atoms with Gasteiger partial charge in [-0.3, -0.25) is 5.01 Å². The van der Waals surface area contributed by atoms with Gasteiger partial charge in [0.25, 0.3) is 0 Å². The highest BCUT2D eigenvalue weighted by Crippen LogP contribution is 1.79. The molecule has 1 rings (SSSR count). The van der Waals surface area contributed by atoms with E-state index in [-0.39, 0.29) is 0 Å². The van der Waals surface area contributed by atoms with Crippen LogP contribution in [-0.2, 0) is 7.05 Å². The van der Waals surface area contributed by atoms with Gasteiger partial charge in [0.15, 0.2) is 0 Å². The summed E-state index contributed by atoms with van der Waals surface area (Å²) in [6.07, 6.45) is 5.22. The highest BCUT2D eigenvalue weighted by molar-refractivity contribution is 4.79. The van der Waals surface area contributed by atoms with Gasteiger partial charge in [0.1, 0.15) is 0 Å². The van der Waals surface area contributed by atoms with Gasteiger partial charge in [0.2, 0.25) is 5.62 Å². The van der Waals surface area contributed by atoms with Crippen molar-refractivity contribution in [2.75, 3.05) is 7.05 Å². The molecule has 1 aromatic heterocycles. The Hall–Kier alpha value is -1.58. The highest BCUT2D eigenvalue weighted by Gasteiger charge is 1.87. The summed E-state index contributed by atoms with van der Waals surface area (Å²) in [5.74, 6) is 0. The minimum Gasteiger partial charge on any atom is -0.319 e. The van der Waals surface area contributed by atoms with Crippen LogP contribution < -0.4 is 5.62 Å². The van der Waals surface area contributed by atoms with E-state index in [1.807, 2.05) is 30.9 Å². The van der Waals surface area contributed by atoms with E-state index in [1.54, 1.807) is 17.4 Å². The van der Waals surface area contributed by atoms with E-state index in [0.717, 1.165) is 0 Å². The van der Waals surface area contributed by atoms with Crippen molar-refractivity contribution < 1.29 is 0 Å². The van der Waals surface area contributed by atoms with E-state index in [0.29, 0.717) is 5.62 Å². The first-order valence-corrected chi connectivity index (χ1v) is 3.61. The third-order valence-corrected chi connectivity index (χ3v) is 1.41. The molecule has 0 aromatic carbocycles. The van der Waals surface area contributed by atoms with Crippen molar-refractivity contribution in [1.29, 1.82) is 0 Å². The summed E-state index contributed by atoms with van der Waals surface area (Å²) in [4.78, 5) is 4.07. The third-order valence-electron chi connectivity index (χ3n) is 1.41. The Morgan fingerprint density at radius 2 is 2.50 bits per heavy atom. The van der Waals surface area contributed by atoms with Gasteiger partial charge in [-0.05, 0) is 6.07 Å². The van der Waals surface area contributed by atoms with E-state index in [1.165, 1.54) is 0 Å². The number of hydrogen-bond acceptors (Lipinski definition) is 3. The Kier molecular flexibility index (Phi) is 2.63. The van der Waals surface area contributed by atoms with Gasteiger partial charge >= 0.3 is 0 Å². The van der Waals surface area contributed by atoms with Crippen LogP contribution in [0.4, 0.5) is 0 Å². The lowest BCUT2D eigenvalue weighted by Crippen LogP contribution is -2.23. The summed E-state index contributed by atoms with van der Waals surface area (Å²) >= 11 is 0. The summed E-state index contributed by atoms with van der Waals surface area (Å²) < 4.78 is 1.83. The van der Waals surface area contributed by atoms with Crippen LogP contribution >= 0.6 is 0 Å². The van der Waals surface area contributed by atoms with Crippen LogP contribution in [0.1, 0.15) is 0 Å². The maximum atomic E-state index is 4.14. The standard InChI is InChI=1S/C8H12N4/c1-4-12(3)10-8-9-6-5-7-11(8)2/h4-7H,1H2,2-3H3/b10-8-. The largest absolute Gasteiger partial charge is 0.319 e. The Morgan fingerprint density at radius 3 is 3.08 bits per heavy atom. The van der Waals surface area contributed by atoms with Gasteiger partial charge in [-0.1, -0.05) is 6.58 Å². The molecule has 0 fully saturated rings. The second-order valence-electron chi connectivity index (χ2n) is 2.39. The van der Waals surface area contributed by atoms with Gasteiger partial charge in [-0.15, -0.1) is 5.10 Å². The summed E-state index contributed by atoms with van der Waals surface area (Å²) in [7, 11) is 3.70. The molecule has 1 heterocycles. The Bertz CT molecular complexity index is 326. The molecule has 0 N–H and O–H groups in total. The molecule has 0 bridgehead atoms. The fraction of sp³-hybridized carbons (Fsp3) is 0.250. The van der Waals surface area contributed by atoms with Gasteiger partial charge in [0.05, 0.1) is 0 Å². The molecular formula is C8H12N4. The quantitative estimate of drug-likeness (QED) is 0.589. The number of aromatic nitrogens is 2. The maximum absolute atomic E-state index is 4.14. The topological polar surface area (TPSA) is 33.4 Å². The molecule has 0 amide bonds. The molecule has 0 atom stereocenters. The Balaban J connectivity index is 3.09. The molecule has 12 heavy (non-hydrogen) atoms. The summed E-state index contributed by atoms with van der Waals surface area (Å²) in [6.45, 7) is 3.58. The van der Waals surface area contributed by atoms with Crippen LogP contribution in [0, 0.1) is 0 Å². The lowest BCUT2D eigenvalue weighted by molar-refractivity contribution is 0.454. The third kappa shape index (κ3) is 1.95. The zero-order valence-electron chi connectivity index (χ0n) is 7.31. The lowest BCUT2D eigenvalue weighted by Gasteiger charge is -2.04. The molecule has 0 radical (unpaired) electrons. The molecule has 0 saturated carbocycles. The van der Waals surface area contributed by atoms with Crippen molar-refractivity contribution in [2.45, 2.75) is 0 Å². The van der Waals surface area contributed by atoms with Crippen LogP contribution in [0.15, 0.2) is 36.3 Å². The fourth-order valence-corrected chi connectivity index (χ4v) is 0.713. The predicted octanol–water partition coefficient (Wildman–Crippen LogP) is 0.311. The van der Waals surface area contributed by atoms with Crippen molar-refractivity contribution in [3.8, 4) is 0 Å². The van der Waals surface area contributed by atoms with Crippen molar-refractivity contribution in [3.05, 3.63) is 36.9 Å². The average molecular weight is 164 g/mol. The monoisotopic (exact) mass is 164 g/mol. The molecule has 4 heteroatoms. The number of nitrogens with zero attached hydrogens (tertiary/aromatic N) is 4. The molecule has 64 valence electrons. The smallest absolute Gasteiger partial charge is 0.246 e. The molecule has 0 aliphatic rings. The molecular weight excluding hydrogens is 152 g/mol. The zero-order valence-corrected chi connectivity index (χ0v) is 7.31. The van der Waals surface area contributed by atoms with Crippen LogP contribution in [0.25, 0.3) is 0 Å². The van der Waals surface area contributed by atoms with Crippen molar-refractivity contribution >= 4 is 0 Å². The first kappa shape index (κ1) is 8.52. The maximum Gasteiger partial charge on any atom is 0.246 e. The fourth-order valence-electron chi connectivity index (χ4n) is 0.713. The van der Waals surface area contributed by atoms with Crippen LogP contribution in [0.3, 0.4) is 0 Å². The summed E-state index contributed by atoms with van der Waals surface area (Å²) in [6, 6.07) is 1.85. The van der Waals surface area contributed by atoms with Gasteiger partial charge < -0.3 is 4.57 Å². The predicted molar refractivity (Wildman–Crippen MR) is 46.7 cm³/mol. The van der Waals surface area contributed by atoms with Crippen LogP contribution in [-0.4, -0.2) is 21.6 Å². The first-order chi connectivity index (χ1) is 5.74. The SMILES string of the molecule is C=CN(C)/N=c1/ncccn1C. The van der Waals surface area contributed by atoms with E-state index < -0.39 is 0 Å². The van der Waals surface area contributed by atoms with Crippen molar-refractivity contribution in [2.24, 2.45) is 12.1 Å².